The first kappa shape index (κ1) is 13.0. The maximum absolute atomic E-state index is 11.1. The Morgan fingerprint density at radius 1 is 1.72 bits per heavy atom. The molecule has 0 amide bonds. The summed E-state index contributed by atoms with van der Waals surface area (Å²) in [4.78, 5) is 13.1. The predicted molar refractivity (Wildman–Crippen MR) is 65.5 cm³/mol. The number of aromatic carboxylic acids is 1. The molecule has 0 aliphatic carbocycles. The van der Waals surface area contributed by atoms with E-state index >= 15 is 0 Å². The van der Waals surface area contributed by atoms with Gasteiger partial charge in [0.15, 0.2) is 0 Å². The quantitative estimate of drug-likeness (QED) is 0.838. The molecule has 100 valence electrons. The summed E-state index contributed by atoms with van der Waals surface area (Å²) in [6.45, 7) is 2.23. The minimum atomic E-state index is -0.927. The standard InChI is InChI=1S/C12H19N3O3/c1-14(7-9-4-3-5-18-9)8-11-10(12(16)17)6-13-15(11)2/h6,9H,3-5,7-8H2,1-2H3,(H,16,17). The molecule has 1 saturated heterocycles. The van der Waals surface area contributed by atoms with Crippen molar-refractivity contribution in [2.75, 3.05) is 20.2 Å². The molecule has 0 spiro atoms. The molecule has 6 nitrogen and oxygen atoms in total. The summed E-state index contributed by atoms with van der Waals surface area (Å²) in [5.41, 5.74) is 1.000. The molecule has 1 fully saturated rings. The molecule has 18 heavy (non-hydrogen) atoms. The Kier molecular flexibility index (Phi) is 3.98. The molecule has 1 aromatic rings. The Morgan fingerprint density at radius 3 is 3.11 bits per heavy atom. The molecule has 0 saturated carbocycles. The number of carboxylic acids is 1. The molecule has 1 aromatic heterocycles. The Morgan fingerprint density at radius 2 is 2.50 bits per heavy atom. The summed E-state index contributed by atoms with van der Waals surface area (Å²) in [5, 5.41) is 13.1. The second kappa shape index (κ2) is 5.49. The smallest absolute Gasteiger partial charge is 0.339 e. The first-order valence-corrected chi connectivity index (χ1v) is 6.12. The molecule has 1 aliphatic rings. The average Bonchev–Trinajstić information content (AvgIpc) is 2.90. The molecule has 0 aromatic carbocycles. The van der Waals surface area contributed by atoms with Crippen molar-refractivity contribution in [2.24, 2.45) is 7.05 Å². The van der Waals surface area contributed by atoms with Crippen LogP contribution in [0.4, 0.5) is 0 Å². The van der Waals surface area contributed by atoms with E-state index in [1.165, 1.54) is 6.20 Å². The summed E-state index contributed by atoms with van der Waals surface area (Å²) in [6, 6.07) is 0. The Bertz CT molecular complexity index is 424. The van der Waals surface area contributed by atoms with Crippen molar-refractivity contribution in [1.82, 2.24) is 14.7 Å². The van der Waals surface area contributed by atoms with Gasteiger partial charge in [0, 0.05) is 26.7 Å². The highest BCUT2D eigenvalue weighted by molar-refractivity contribution is 5.88. The van der Waals surface area contributed by atoms with Crippen molar-refractivity contribution in [3.8, 4) is 0 Å². The Balaban J connectivity index is 1.99. The third kappa shape index (κ3) is 2.88. The van der Waals surface area contributed by atoms with Crippen molar-refractivity contribution < 1.29 is 14.6 Å². The number of ether oxygens (including phenoxy) is 1. The summed E-state index contributed by atoms with van der Waals surface area (Å²) in [6.07, 6.45) is 3.88. The number of nitrogens with zero attached hydrogens (tertiary/aromatic N) is 3. The van der Waals surface area contributed by atoms with Crippen molar-refractivity contribution in [2.45, 2.75) is 25.5 Å². The van der Waals surface area contributed by atoms with Crippen molar-refractivity contribution in [3.05, 3.63) is 17.5 Å². The van der Waals surface area contributed by atoms with Gasteiger partial charge in [0.05, 0.1) is 18.0 Å². The first-order valence-electron chi connectivity index (χ1n) is 6.12. The van der Waals surface area contributed by atoms with Gasteiger partial charge in [-0.15, -0.1) is 0 Å². The van der Waals surface area contributed by atoms with Crippen LogP contribution in [0.1, 0.15) is 28.9 Å². The highest BCUT2D eigenvalue weighted by Crippen LogP contribution is 2.15. The topological polar surface area (TPSA) is 67.6 Å². The zero-order valence-corrected chi connectivity index (χ0v) is 10.8. The van der Waals surface area contributed by atoms with E-state index in [0.717, 1.165) is 31.7 Å². The number of carbonyl (C=O) groups is 1. The van der Waals surface area contributed by atoms with Crippen LogP contribution in [0.5, 0.6) is 0 Å². The molecule has 1 N–H and O–H groups in total. The molecule has 6 heteroatoms. The van der Waals surface area contributed by atoms with Crippen LogP contribution in [0.25, 0.3) is 0 Å². The molecule has 1 aliphatic heterocycles. The third-order valence-corrected chi connectivity index (χ3v) is 3.25. The zero-order valence-electron chi connectivity index (χ0n) is 10.8. The highest BCUT2D eigenvalue weighted by atomic mass is 16.5. The molecular weight excluding hydrogens is 234 g/mol. The molecule has 0 bridgehead atoms. The van der Waals surface area contributed by atoms with Crippen LogP contribution in [0, 0.1) is 0 Å². The largest absolute Gasteiger partial charge is 0.478 e. The minimum Gasteiger partial charge on any atom is -0.478 e. The van der Waals surface area contributed by atoms with Gasteiger partial charge in [-0.2, -0.15) is 5.10 Å². The summed E-state index contributed by atoms with van der Waals surface area (Å²) < 4.78 is 7.19. The van der Waals surface area contributed by atoms with E-state index in [4.69, 9.17) is 9.84 Å². The summed E-state index contributed by atoms with van der Waals surface area (Å²) >= 11 is 0. The van der Waals surface area contributed by atoms with Gasteiger partial charge in [0.2, 0.25) is 0 Å². The van der Waals surface area contributed by atoms with Gasteiger partial charge in [0.1, 0.15) is 5.56 Å². The summed E-state index contributed by atoms with van der Waals surface area (Å²) in [7, 11) is 3.74. The zero-order chi connectivity index (χ0) is 13.1. The second-order valence-electron chi connectivity index (χ2n) is 4.77. The summed E-state index contributed by atoms with van der Waals surface area (Å²) in [5.74, 6) is -0.927. The SMILES string of the molecule is CN(Cc1c(C(=O)O)cnn1C)CC1CCCO1. The van der Waals surface area contributed by atoms with Crippen molar-refractivity contribution in [1.29, 1.82) is 0 Å². The number of aryl methyl sites for hydroxylation is 1. The fourth-order valence-electron chi connectivity index (χ4n) is 2.29. The molecule has 0 radical (unpaired) electrons. The average molecular weight is 253 g/mol. The van der Waals surface area contributed by atoms with Crippen LogP contribution in [0.3, 0.4) is 0 Å². The Labute approximate surface area is 106 Å². The van der Waals surface area contributed by atoms with Gasteiger partial charge in [-0.25, -0.2) is 4.79 Å². The number of carboxylic acid groups (broad SMARTS) is 1. The van der Waals surface area contributed by atoms with Gasteiger partial charge in [-0.05, 0) is 19.9 Å². The van der Waals surface area contributed by atoms with Gasteiger partial charge >= 0.3 is 5.97 Å². The molecule has 2 heterocycles. The van der Waals surface area contributed by atoms with E-state index in [1.54, 1.807) is 11.7 Å². The van der Waals surface area contributed by atoms with Crippen molar-refractivity contribution >= 4 is 5.97 Å². The lowest BCUT2D eigenvalue weighted by Crippen LogP contribution is -2.29. The van der Waals surface area contributed by atoms with Crippen molar-refractivity contribution in [3.63, 3.8) is 0 Å². The Hall–Kier alpha value is -1.40. The van der Waals surface area contributed by atoms with Crippen LogP contribution in [-0.4, -0.2) is 52.1 Å². The van der Waals surface area contributed by atoms with E-state index in [-0.39, 0.29) is 11.7 Å². The van der Waals surface area contributed by atoms with E-state index in [2.05, 4.69) is 10.00 Å². The number of likely N-dealkylation sites (N-methyl/N-ethyl adjacent to an activating group) is 1. The molecular formula is C12H19N3O3. The highest BCUT2D eigenvalue weighted by Gasteiger charge is 2.20. The van der Waals surface area contributed by atoms with Gasteiger partial charge < -0.3 is 9.84 Å². The third-order valence-electron chi connectivity index (χ3n) is 3.25. The van der Waals surface area contributed by atoms with Gasteiger partial charge in [-0.1, -0.05) is 0 Å². The predicted octanol–water partition coefficient (Wildman–Crippen LogP) is 0.729. The van der Waals surface area contributed by atoms with E-state index in [1.807, 2.05) is 7.05 Å². The van der Waals surface area contributed by atoms with Gasteiger partial charge in [-0.3, -0.25) is 9.58 Å². The maximum Gasteiger partial charge on any atom is 0.339 e. The monoisotopic (exact) mass is 253 g/mol. The van der Waals surface area contributed by atoms with Crippen LogP contribution in [0.2, 0.25) is 0 Å². The fraction of sp³-hybridized carbons (Fsp3) is 0.667. The lowest BCUT2D eigenvalue weighted by molar-refractivity contribution is 0.0690. The lowest BCUT2D eigenvalue weighted by atomic mass is 10.2. The fourth-order valence-corrected chi connectivity index (χ4v) is 2.29. The second-order valence-corrected chi connectivity index (χ2v) is 4.77. The van der Waals surface area contributed by atoms with Crippen LogP contribution >= 0.6 is 0 Å². The lowest BCUT2D eigenvalue weighted by Gasteiger charge is -2.20. The van der Waals surface area contributed by atoms with E-state index < -0.39 is 5.97 Å². The van der Waals surface area contributed by atoms with Crippen LogP contribution in [-0.2, 0) is 18.3 Å². The normalized spacial score (nSPS) is 19.6. The van der Waals surface area contributed by atoms with E-state index in [9.17, 15) is 4.79 Å². The number of hydrogen-bond donors (Lipinski definition) is 1. The van der Waals surface area contributed by atoms with E-state index in [0.29, 0.717) is 6.54 Å². The molecule has 1 atom stereocenters. The number of aromatic nitrogens is 2. The molecule has 2 rings (SSSR count). The number of rotatable bonds is 5. The number of hydrogen-bond acceptors (Lipinski definition) is 4. The first-order chi connectivity index (χ1) is 8.58. The molecule has 1 unspecified atom stereocenters. The minimum absolute atomic E-state index is 0.275. The maximum atomic E-state index is 11.1. The van der Waals surface area contributed by atoms with Crippen LogP contribution in [0.15, 0.2) is 6.20 Å². The van der Waals surface area contributed by atoms with Gasteiger partial charge in [0.25, 0.3) is 0 Å². The van der Waals surface area contributed by atoms with Crippen LogP contribution < -0.4 is 0 Å².